The van der Waals surface area contributed by atoms with Gasteiger partial charge in [0.1, 0.15) is 10.7 Å². The third-order valence-electron chi connectivity index (χ3n) is 4.23. The third-order valence-corrected chi connectivity index (χ3v) is 6.16. The van der Waals surface area contributed by atoms with Crippen LogP contribution in [-0.4, -0.2) is 87.7 Å². The Morgan fingerprint density at radius 3 is 2.38 bits per heavy atom. The molecule has 1 aliphatic rings. The Morgan fingerprint density at radius 2 is 1.81 bits per heavy atom. The van der Waals surface area contributed by atoms with Crippen molar-refractivity contribution in [1.82, 2.24) is 19.4 Å². The molecule has 1 heterocycles. The summed E-state index contributed by atoms with van der Waals surface area (Å²) in [5, 5.41) is 2.45. The molecule has 1 aromatic rings. The van der Waals surface area contributed by atoms with Crippen molar-refractivity contribution in [1.29, 1.82) is 0 Å². The van der Waals surface area contributed by atoms with Gasteiger partial charge in [-0.3, -0.25) is 14.5 Å². The monoisotopic (exact) mass is 386 g/mol. The van der Waals surface area contributed by atoms with E-state index in [4.69, 9.17) is 0 Å². The topological polar surface area (TPSA) is 90.0 Å². The van der Waals surface area contributed by atoms with E-state index >= 15 is 0 Å². The second-order valence-electron chi connectivity index (χ2n) is 6.03. The molecule has 10 heteroatoms. The number of likely N-dealkylation sites (N-methyl/N-ethyl adjacent to an activating group) is 2. The van der Waals surface area contributed by atoms with Gasteiger partial charge in [-0.2, -0.15) is 4.31 Å². The van der Waals surface area contributed by atoms with E-state index in [2.05, 4.69) is 5.32 Å². The predicted molar refractivity (Wildman–Crippen MR) is 93.3 cm³/mol. The quantitative estimate of drug-likeness (QED) is 0.701. The molecule has 0 unspecified atom stereocenters. The number of carbonyl (C=O) groups excluding carboxylic acids is 2. The highest BCUT2D eigenvalue weighted by Crippen LogP contribution is 2.20. The summed E-state index contributed by atoms with van der Waals surface area (Å²) in [6, 6.07) is 5.28. The summed E-state index contributed by atoms with van der Waals surface area (Å²) in [5.74, 6) is -1.26. The van der Waals surface area contributed by atoms with E-state index < -0.39 is 15.8 Å². The lowest BCUT2D eigenvalue weighted by atomic mass is 10.3. The van der Waals surface area contributed by atoms with Crippen molar-refractivity contribution in [2.45, 2.75) is 4.90 Å². The molecule has 1 N–H and O–H groups in total. The van der Waals surface area contributed by atoms with Crippen LogP contribution in [0.5, 0.6) is 0 Å². The van der Waals surface area contributed by atoms with Crippen molar-refractivity contribution >= 4 is 21.8 Å². The Balaban J connectivity index is 1.92. The fourth-order valence-electron chi connectivity index (χ4n) is 2.62. The van der Waals surface area contributed by atoms with Gasteiger partial charge in [0.05, 0.1) is 13.1 Å². The van der Waals surface area contributed by atoms with Crippen molar-refractivity contribution in [3.8, 4) is 0 Å². The van der Waals surface area contributed by atoms with Gasteiger partial charge in [0.15, 0.2) is 0 Å². The molecular weight excluding hydrogens is 363 g/mol. The van der Waals surface area contributed by atoms with Gasteiger partial charge in [0.25, 0.3) is 0 Å². The molecule has 2 rings (SSSR count). The van der Waals surface area contributed by atoms with Crippen LogP contribution in [0.15, 0.2) is 29.2 Å². The van der Waals surface area contributed by atoms with E-state index in [0.29, 0.717) is 13.1 Å². The molecule has 1 saturated heterocycles. The Bertz CT molecular complexity index is 763. The molecule has 1 aliphatic heterocycles. The highest BCUT2D eigenvalue weighted by Gasteiger charge is 2.31. The number of hydrogen-bond donors (Lipinski definition) is 1. The van der Waals surface area contributed by atoms with Gasteiger partial charge in [0, 0.05) is 40.3 Å². The molecule has 0 aliphatic carbocycles. The van der Waals surface area contributed by atoms with Crippen molar-refractivity contribution in [2.24, 2.45) is 0 Å². The Kier molecular flexibility index (Phi) is 6.68. The van der Waals surface area contributed by atoms with Gasteiger partial charge in [0.2, 0.25) is 21.8 Å². The van der Waals surface area contributed by atoms with Crippen LogP contribution in [0.3, 0.4) is 0 Å². The van der Waals surface area contributed by atoms with E-state index in [-0.39, 0.29) is 42.9 Å². The molecule has 0 aromatic heterocycles. The minimum absolute atomic E-state index is 0.0308. The van der Waals surface area contributed by atoms with E-state index in [1.165, 1.54) is 41.5 Å². The standard InChI is InChI=1S/C16H23FN4O4S/c1-18-15(22)11-19(2)16(23)12-20-7-9-21(10-8-20)26(24,25)14-6-4-3-5-13(14)17/h3-6H,7-12H2,1-2H3,(H,18,22). The lowest BCUT2D eigenvalue weighted by molar-refractivity contribution is -0.135. The Labute approximate surface area is 152 Å². The average Bonchev–Trinajstić information content (AvgIpc) is 2.62. The summed E-state index contributed by atoms with van der Waals surface area (Å²) >= 11 is 0. The fourth-order valence-corrected chi connectivity index (χ4v) is 4.10. The van der Waals surface area contributed by atoms with E-state index in [1.54, 1.807) is 0 Å². The molecule has 2 amide bonds. The lowest BCUT2D eigenvalue weighted by Gasteiger charge is -2.34. The highest BCUT2D eigenvalue weighted by atomic mass is 32.2. The number of piperazine rings is 1. The van der Waals surface area contributed by atoms with E-state index in [1.807, 2.05) is 4.90 Å². The maximum atomic E-state index is 13.8. The summed E-state index contributed by atoms with van der Waals surface area (Å²) < 4.78 is 40.1. The number of nitrogens with one attached hydrogen (secondary N) is 1. The maximum Gasteiger partial charge on any atom is 0.246 e. The third kappa shape index (κ3) is 4.77. The first-order valence-corrected chi connectivity index (χ1v) is 9.61. The molecule has 8 nitrogen and oxygen atoms in total. The number of halogens is 1. The maximum absolute atomic E-state index is 13.8. The van der Waals surface area contributed by atoms with Gasteiger partial charge >= 0.3 is 0 Å². The molecular formula is C16H23FN4O4S. The number of nitrogens with zero attached hydrogens (tertiary/aromatic N) is 3. The minimum atomic E-state index is -3.90. The number of hydrogen-bond acceptors (Lipinski definition) is 5. The van der Waals surface area contributed by atoms with Crippen LogP contribution >= 0.6 is 0 Å². The Hall–Kier alpha value is -2.04. The Morgan fingerprint density at radius 1 is 1.19 bits per heavy atom. The first kappa shape index (κ1) is 20.3. The minimum Gasteiger partial charge on any atom is -0.358 e. The van der Waals surface area contributed by atoms with E-state index in [0.717, 1.165) is 6.07 Å². The first-order chi connectivity index (χ1) is 12.3. The number of rotatable bonds is 6. The zero-order valence-electron chi connectivity index (χ0n) is 14.8. The van der Waals surface area contributed by atoms with Gasteiger partial charge < -0.3 is 10.2 Å². The fraction of sp³-hybridized carbons (Fsp3) is 0.500. The zero-order valence-corrected chi connectivity index (χ0v) is 15.6. The second-order valence-corrected chi connectivity index (χ2v) is 7.94. The van der Waals surface area contributed by atoms with Crippen LogP contribution in [0.25, 0.3) is 0 Å². The van der Waals surface area contributed by atoms with Crippen LogP contribution in [0.4, 0.5) is 4.39 Å². The van der Waals surface area contributed by atoms with Crippen molar-refractivity contribution in [3.63, 3.8) is 0 Å². The molecule has 1 fully saturated rings. The van der Waals surface area contributed by atoms with Crippen LogP contribution in [0.1, 0.15) is 0 Å². The summed E-state index contributed by atoms with van der Waals surface area (Å²) in [6.07, 6.45) is 0. The second kappa shape index (κ2) is 8.56. The molecule has 0 bridgehead atoms. The summed E-state index contributed by atoms with van der Waals surface area (Å²) in [7, 11) is -0.863. The molecule has 26 heavy (non-hydrogen) atoms. The zero-order chi connectivity index (χ0) is 19.3. The van der Waals surface area contributed by atoms with Crippen LogP contribution in [-0.2, 0) is 19.6 Å². The van der Waals surface area contributed by atoms with Crippen molar-refractivity contribution in [2.75, 3.05) is 53.4 Å². The number of benzene rings is 1. The van der Waals surface area contributed by atoms with Gasteiger partial charge in [-0.15, -0.1) is 0 Å². The molecule has 0 radical (unpaired) electrons. The summed E-state index contributed by atoms with van der Waals surface area (Å²) in [4.78, 5) is 26.2. The van der Waals surface area contributed by atoms with Gasteiger partial charge in [-0.1, -0.05) is 12.1 Å². The number of amides is 2. The number of carbonyl (C=O) groups is 2. The van der Waals surface area contributed by atoms with Gasteiger partial charge in [-0.25, -0.2) is 12.8 Å². The van der Waals surface area contributed by atoms with E-state index in [9.17, 15) is 22.4 Å². The largest absolute Gasteiger partial charge is 0.358 e. The van der Waals surface area contributed by atoms with Crippen molar-refractivity contribution in [3.05, 3.63) is 30.1 Å². The summed E-state index contributed by atoms with van der Waals surface area (Å²) in [5.41, 5.74) is 0. The molecule has 0 saturated carbocycles. The van der Waals surface area contributed by atoms with Gasteiger partial charge in [-0.05, 0) is 12.1 Å². The number of sulfonamides is 1. The highest BCUT2D eigenvalue weighted by molar-refractivity contribution is 7.89. The van der Waals surface area contributed by atoms with Crippen molar-refractivity contribution < 1.29 is 22.4 Å². The van der Waals surface area contributed by atoms with Crippen LogP contribution in [0.2, 0.25) is 0 Å². The molecule has 1 aromatic carbocycles. The molecule has 0 spiro atoms. The predicted octanol–water partition coefficient (Wildman–Crippen LogP) is -0.664. The SMILES string of the molecule is CNC(=O)CN(C)C(=O)CN1CCN(S(=O)(=O)c2ccccc2F)CC1. The first-order valence-electron chi connectivity index (χ1n) is 8.17. The average molecular weight is 386 g/mol. The molecule has 0 atom stereocenters. The normalized spacial score (nSPS) is 16.3. The van der Waals surface area contributed by atoms with Crippen LogP contribution in [0, 0.1) is 5.82 Å². The molecule has 144 valence electrons. The smallest absolute Gasteiger partial charge is 0.246 e. The lowest BCUT2D eigenvalue weighted by Crippen LogP contribution is -2.51. The van der Waals surface area contributed by atoms with Crippen LogP contribution < -0.4 is 5.32 Å². The summed E-state index contributed by atoms with van der Waals surface area (Å²) in [6.45, 7) is 1.12.